The highest BCUT2D eigenvalue weighted by Crippen LogP contribution is 2.19. The van der Waals surface area contributed by atoms with Crippen LogP contribution in [0.2, 0.25) is 5.02 Å². The zero-order valence-corrected chi connectivity index (χ0v) is 12.4. The number of aromatic nitrogens is 1. The zero-order valence-electron chi connectivity index (χ0n) is 11.6. The lowest BCUT2D eigenvalue weighted by Gasteiger charge is -2.18. The van der Waals surface area contributed by atoms with Crippen molar-refractivity contribution < 1.29 is 4.79 Å². The van der Waals surface area contributed by atoms with Crippen LogP contribution < -0.4 is 0 Å². The molecule has 0 spiro atoms. The molecule has 0 aliphatic rings. The van der Waals surface area contributed by atoms with E-state index in [9.17, 15) is 4.79 Å². The van der Waals surface area contributed by atoms with Crippen molar-refractivity contribution in [1.29, 1.82) is 0 Å². The molecule has 0 atom stereocenters. The fourth-order valence-electron chi connectivity index (χ4n) is 2.41. The van der Waals surface area contributed by atoms with E-state index < -0.39 is 0 Å². The number of amides is 1. The van der Waals surface area contributed by atoms with Gasteiger partial charge in [0, 0.05) is 41.3 Å². The third kappa shape index (κ3) is 2.78. The van der Waals surface area contributed by atoms with Crippen LogP contribution in [0.4, 0.5) is 0 Å². The largest absolute Gasteiger partial charge is 0.361 e. The predicted octanol–water partition coefficient (Wildman–Crippen LogP) is 4.09. The van der Waals surface area contributed by atoms with E-state index in [1.54, 1.807) is 4.90 Å². The molecule has 4 heteroatoms. The highest BCUT2D eigenvalue weighted by Gasteiger charge is 2.15. The van der Waals surface area contributed by atoms with Crippen LogP contribution in [0.25, 0.3) is 10.9 Å². The first-order valence-electron chi connectivity index (χ1n) is 6.71. The van der Waals surface area contributed by atoms with E-state index in [1.807, 2.05) is 61.8 Å². The molecule has 3 nitrogen and oxygen atoms in total. The molecule has 1 N–H and O–H groups in total. The zero-order chi connectivity index (χ0) is 14.8. The van der Waals surface area contributed by atoms with Gasteiger partial charge in [0.2, 0.25) is 0 Å². The van der Waals surface area contributed by atoms with Crippen LogP contribution >= 0.6 is 11.6 Å². The fourth-order valence-corrected chi connectivity index (χ4v) is 2.54. The van der Waals surface area contributed by atoms with Crippen molar-refractivity contribution in [2.75, 3.05) is 7.05 Å². The highest BCUT2D eigenvalue weighted by molar-refractivity contribution is 6.30. The summed E-state index contributed by atoms with van der Waals surface area (Å²) < 4.78 is 0. The summed E-state index contributed by atoms with van der Waals surface area (Å²) in [6.45, 7) is 0.552. The van der Waals surface area contributed by atoms with E-state index >= 15 is 0 Å². The van der Waals surface area contributed by atoms with Gasteiger partial charge in [-0.05, 0) is 35.9 Å². The van der Waals surface area contributed by atoms with E-state index in [0.29, 0.717) is 17.1 Å². The number of H-pyrrole nitrogens is 1. The van der Waals surface area contributed by atoms with Crippen LogP contribution in [0, 0.1) is 0 Å². The van der Waals surface area contributed by atoms with Crippen LogP contribution in [-0.4, -0.2) is 22.8 Å². The van der Waals surface area contributed by atoms with Crippen LogP contribution in [0.1, 0.15) is 15.9 Å². The number of halogens is 1. The molecule has 21 heavy (non-hydrogen) atoms. The summed E-state index contributed by atoms with van der Waals surface area (Å²) in [5.41, 5.74) is 2.74. The molecule has 0 aliphatic carbocycles. The van der Waals surface area contributed by atoms with Gasteiger partial charge >= 0.3 is 0 Å². The van der Waals surface area contributed by atoms with Gasteiger partial charge in [0.05, 0.1) is 0 Å². The van der Waals surface area contributed by atoms with E-state index in [4.69, 9.17) is 11.6 Å². The van der Waals surface area contributed by atoms with Gasteiger partial charge in [-0.2, -0.15) is 0 Å². The molecule has 3 aromatic rings. The van der Waals surface area contributed by atoms with Gasteiger partial charge in [-0.1, -0.05) is 29.8 Å². The number of carbonyl (C=O) groups excluding carboxylic acids is 1. The number of benzene rings is 2. The molecule has 0 saturated heterocycles. The number of carbonyl (C=O) groups is 1. The topological polar surface area (TPSA) is 36.1 Å². The van der Waals surface area contributed by atoms with Crippen molar-refractivity contribution in [1.82, 2.24) is 9.88 Å². The molecule has 1 amide bonds. The van der Waals surface area contributed by atoms with E-state index in [1.165, 1.54) is 0 Å². The molecule has 0 radical (unpaired) electrons. The summed E-state index contributed by atoms with van der Waals surface area (Å²) in [5.74, 6) is 0.00940. The number of rotatable bonds is 3. The SMILES string of the molecule is CN(Cc1ccc(Cl)cc1)C(=O)c1cccc2[nH]ccc12. The summed E-state index contributed by atoms with van der Waals surface area (Å²) in [6, 6.07) is 15.2. The maximum absolute atomic E-state index is 12.6. The van der Waals surface area contributed by atoms with Crippen molar-refractivity contribution in [3.63, 3.8) is 0 Å². The summed E-state index contributed by atoms with van der Waals surface area (Å²) in [7, 11) is 1.81. The monoisotopic (exact) mass is 298 g/mol. The van der Waals surface area contributed by atoms with Gasteiger partial charge in [-0.3, -0.25) is 4.79 Å². The van der Waals surface area contributed by atoms with E-state index in [0.717, 1.165) is 16.5 Å². The Labute approximate surface area is 128 Å². The third-order valence-electron chi connectivity index (χ3n) is 3.51. The van der Waals surface area contributed by atoms with Crippen molar-refractivity contribution in [2.45, 2.75) is 6.54 Å². The number of nitrogens with one attached hydrogen (secondary N) is 1. The van der Waals surface area contributed by atoms with Gasteiger partial charge in [0.15, 0.2) is 0 Å². The summed E-state index contributed by atoms with van der Waals surface area (Å²) in [4.78, 5) is 17.5. The molecule has 1 heterocycles. The number of hydrogen-bond acceptors (Lipinski definition) is 1. The van der Waals surface area contributed by atoms with Crippen LogP contribution in [0.15, 0.2) is 54.7 Å². The molecule has 0 unspecified atom stereocenters. The average molecular weight is 299 g/mol. The lowest BCUT2D eigenvalue weighted by atomic mass is 10.1. The Hall–Kier alpha value is -2.26. The molecular weight excluding hydrogens is 284 g/mol. The number of hydrogen-bond donors (Lipinski definition) is 1. The van der Waals surface area contributed by atoms with Crippen LogP contribution in [-0.2, 0) is 6.54 Å². The molecule has 106 valence electrons. The Morgan fingerprint density at radius 2 is 1.90 bits per heavy atom. The number of aromatic amines is 1. The number of nitrogens with zero attached hydrogens (tertiary/aromatic N) is 1. The second kappa shape index (κ2) is 5.62. The smallest absolute Gasteiger partial charge is 0.254 e. The molecule has 1 aromatic heterocycles. The normalized spacial score (nSPS) is 10.8. The third-order valence-corrected chi connectivity index (χ3v) is 3.76. The molecule has 0 saturated carbocycles. The van der Waals surface area contributed by atoms with Gasteiger partial charge in [-0.25, -0.2) is 0 Å². The lowest BCUT2D eigenvalue weighted by molar-refractivity contribution is 0.0787. The van der Waals surface area contributed by atoms with E-state index in [-0.39, 0.29) is 5.91 Å². The molecular formula is C17H15ClN2O. The second-order valence-corrected chi connectivity index (χ2v) is 5.47. The van der Waals surface area contributed by atoms with Gasteiger partial charge in [-0.15, -0.1) is 0 Å². The van der Waals surface area contributed by atoms with Gasteiger partial charge < -0.3 is 9.88 Å². The minimum atomic E-state index is 0.00940. The summed E-state index contributed by atoms with van der Waals surface area (Å²) in [6.07, 6.45) is 1.85. The van der Waals surface area contributed by atoms with Crippen LogP contribution in [0.3, 0.4) is 0 Å². The van der Waals surface area contributed by atoms with Crippen molar-refractivity contribution in [3.05, 3.63) is 70.9 Å². The second-order valence-electron chi connectivity index (χ2n) is 5.03. The Kier molecular flexibility index (Phi) is 3.67. The highest BCUT2D eigenvalue weighted by atomic mass is 35.5. The lowest BCUT2D eigenvalue weighted by Crippen LogP contribution is -2.26. The Morgan fingerprint density at radius 1 is 1.14 bits per heavy atom. The quantitative estimate of drug-likeness (QED) is 0.776. The maximum Gasteiger partial charge on any atom is 0.254 e. The molecule has 0 aliphatic heterocycles. The van der Waals surface area contributed by atoms with Gasteiger partial charge in [0.1, 0.15) is 0 Å². The van der Waals surface area contributed by atoms with Crippen molar-refractivity contribution >= 4 is 28.4 Å². The average Bonchev–Trinajstić information content (AvgIpc) is 2.97. The number of fused-ring (bicyclic) bond motifs is 1. The molecule has 0 bridgehead atoms. The standard InChI is InChI=1S/C17H15ClN2O/c1-20(11-12-5-7-13(18)8-6-12)17(21)15-3-2-4-16-14(15)9-10-19-16/h2-10,19H,11H2,1H3. The molecule has 0 fully saturated rings. The van der Waals surface area contributed by atoms with Crippen LogP contribution in [0.5, 0.6) is 0 Å². The maximum atomic E-state index is 12.6. The first kappa shape index (κ1) is 13.7. The first-order valence-corrected chi connectivity index (χ1v) is 7.09. The summed E-state index contributed by atoms with van der Waals surface area (Å²) in [5, 5.41) is 1.65. The van der Waals surface area contributed by atoms with Gasteiger partial charge in [0.25, 0.3) is 5.91 Å². The fraction of sp³-hybridized carbons (Fsp3) is 0.118. The minimum absolute atomic E-state index is 0.00940. The van der Waals surface area contributed by atoms with Crippen molar-refractivity contribution in [2.24, 2.45) is 0 Å². The molecule has 3 rings (SSSR count). The first-order chi connectivity index (χ1) is 10.1. The Bertz CT molecular complexity index is 777. The minimum Gasteiger partial charge on any atom is -0.361 e. The predicted molar refractivity (Wildman–Crippen MR) is 85.5 cm³/mol. The van der Waals surface area contributed by atoms with E-state index in [2.05, 4.69) is 4.98 Å². The van der Waals surface area contributed by atoms with Crippen molar-refractivity contribution in [3.8, 4) is 0 Å². The molecule has 2 aromatic carbocycles. The Morgan fingerprint density at radius 3 is 2.67 bits per heavy atom. The Balaban J connectivity index is 1.84. The summed E-state index contributed by atoms with van der Waals surface area (Å²) >= 11 is 5.88.